The molecule has 0 saturated heterocycles. The number of imide groups is 1. The summed E-state index contributed by atoms with van der Waals surface area (Å²) in [6.07, 6.45) is 0.0101. The van der Waals surface area contributed by atoms with Gasteiger partial charge >= 0.3 is 12.0 Å². The number of hydrogen-bond acceptors (Lipinski definition) is 4. The van der Waals surface area contributed by atoms with Crippen LogP contribution >= 0.6 is 11.8 Å². The third kappa shape index (κ3) is 9.32. The van der Waals surface area contributed by atoms with E-state index in [4.69, 9.17) is 5.11 Å². The maximum atomic E-state index is 11.1. The Labute approximate surface area is 98.2 Å². The summed E-state index contributed by atoms with van der Waals surface area (Å²) in [6.45, 7) is 3.57. The van der Waals surface area contributed by atoms with Gasteiger partial charge in [-0.1, -0.05) is 0 Å². The summed E-state index contributed by atoms with van der Waals surface area (Å²) in [5.74, 6) is -0.883. The van der Waals surface area contributed by atoms with E-state index in [0.29, 0.717) is 5.75 Å². The van der Waals surface area contributed by atoms with Crippen LogP contribution in [0.15, 0.2) is 0 Å². The van der Waals surface area contributed by atoms with Crippen molar-refractivity contribution >= 4 is 29.7 Å². The smallest absolute Gasteiger partial charge is 0.321 e. The molecule has 0 aromatic heterocycles. The lowest BCUT2D eigenvalue weighted by Gasteiger charge is -2.08. The van der Waals surface area contributed by atoms with Crippen molar-refractivity contribution in [2.24, 2.45) is 0 Å². The molecule has 0 rings (SSSR count). The van der Waals surface area contributed by atoms with Crippen LogP contribution in [0, 0.1) is 0 Å². The number of rotatable bonds is 6. The molecule has 7 heteroatoms. The number of urea groups is 1. The molecule has 92 valence electrons. The zero-order valence-corrected chi connectivity index (χ0v) is 10.1. The molecule has 0 aliphatic heterocycles. The van der Waals surface area contributed by atoms with E-state index in [9.17, 15) is 14.4 Å². The van der Waals surface area contributed by atoms with Crippen molar-refractivity contribution in [2.75, 3.05) is 11.5 Å². The van der Waals surface area contributed by atoms with Crippen LogP contribution in [0.4, 0.5) is 4.79 Å². The normalized spacial score (nSPS) is 9.94. The molecule has 3 amide bonds. The topological polar surface area (TPSA) is 95.5 Å². The van der Waals surface area contributed by atoms with Gasteiger partial charge in [0.15, 0.2) is 0 Å². The number of carbonyl (C=O) groups is 3. The lowest BCUT2D eigenvalue weighted by Crippen LogP contribution is -2.43. The molecule has 0 aliphatic rings. The fraction of sp³-hybridized carbons (Fsp3) is 0.667. The minimum Gasteiger partial charge on any atom is -0.481 e. The summed E-state index contributed by atoms with van der Waals surface area (Å²) >= 11 is 1.18. The van der Waals surface area contributed by atoms with Crippen LogP contribution in [0.1, 0.15) is 20.3 Å². The third-order valence-corrected chi connectivity index (χ3v) is 2.33. The molecule has 3 N–H and O–H groups in total. The zero-order chi connectivity index (χ0) is 12.6. The van der Waals surface area contributed by atoms with Gasteiger partial charge in [-0.05, 0) is 13.8 Å². The van der Waals surface area contributed by atoms with Crippen molar-refractivity contribution in [2.45, 2.75) is 26.3 Å². The van der Waals surface area contributed by atoms with E-state index in [1.54, 1.807) is 13.8 Å². The summed E-state index contributed by atoms with van der Waals surface area (Å²) in [5, 5.41) is 13.0. The van der Waals surface area contributed by atoms with Crippen LogP contribution in [0.5, 0.6) is 0 Å². The number of nitrogens with one attached hydrogen (secondary N) is 2. The SMILES string of the molecule is CC(C)NC(=O)NC(=O)CSCCC(=O)O. The van der Waals surface area contributed by atoms with E-state index in [1.165, 1.54) is 11.8 Å². The quantitative estimate of drug-likeness (QED) is 0.592. The Bertz CT molecular complexity index is 268. The number of hydrogen-bond donors (Lipinski definition) is 3. The van der Waals surface area contributed by atoms with E-state index in [2.05, 4.69) is 10.6 Å². The molecule has 0 unspecified atom stereocenters. The zero-order valence-electron chi connectivity index (χ0n) is 9.28. The lowest BCUT2D eigenvalue weighted by atomic mass is 10.4. The molecule has 6 nitrogen and oxygen atoms in total. The van der Waals surface area contributed by atoms with Gasteiger partial charge in [-0.3, -0.25) is 14.9 Å². The minimum absolute atomic E-state index is 0.0101. The summed E-state index contributed by atoms with van der Waals surface area (Å²) in [7, 11) is 0. The van der Waals surface area contributed by atoms with Gasteiger partial charge in [-0.2, -0.15) is 11.8 Å². The molecule has 0 fully saturated rings. The van der Waals surface area contributed by atoms with Gasteiger partial charge in [0.2, 0.25) is 5.91 Å². The maximum absolute atomic E-state index is 11.1. The monoisotopic (exact) mass is 248 g/mol. The second kappa shape index (κ2) is 7.98. The predicted octanol–water partition coefficient (Wildman–Crippen LogP) is 0.428. The van der Waals surface area contributed by atoms with E-state index < -0.39 is 17.9 Å². The number of thioether (sulfide) groups is 1. The Morgan fingerprint density at radius 3 is 2.44 bits per heavy atom. The maximum Gasteiger partial charge on any atom is 0.321 e. The van der Waals surface area contributed by atoms with Crippen molar-refractivity contribution < 1.29 is 19.5 Å². The van der Waals surface area contributed by atoms with E-state index in [1.807, 2.05) is 0 Å². The number of aliphatic carboxylic acids is 1. The molecule has 0 heterocycles. The number of amides is 3. The summed E-state index contributed by atoms with van der Waals surface area (Å²) in [6, 6.07) is -0.564. The van der Waals surface area contributed by atoms with Gasteiger partial charge in [-0.15, -0.1) is 0 Å². The molecule has 16 heavy (non-hydrogen) atoms. The second-order valence-electron chi connectivity index (χ2n) is 3.37. The molecular formula is C9H16N2O4S. The molecule has 0 spiro atoms. The number of carbonyl (C=O) groups excluding carboxylic acids is 2. The van der Waals surface area contributed by atoms with Crippen molar-refractivity contribution in [1.82, 2.24) is 10.6 Å². The predicted molar refractivity (Wildman–Crippen MR) is 61.4 cm³/mol. The van der Waals surface area contributed by atoms with Gasteiger partial charge < -0.3 is 10.4 Å². The minimum atomic E-state index is -0.898. The fourth-order valence-electron chi connectivity index (χ4n) is 0.785. The molecule has 0 aromatic carbocycles. The molecule has 0 aliphatic carbocycles. The average molecular weight is 248 g/mol. The highest BCUT2D eigenvalue weighted by atomic mass is 32.2. The Morgan fingerprint density at radius 2 is 1.94 bits per heavy atom. The molecule has 0 aromatic rings. The van der Waals surface area contributed by atoms with E-state index in [-0.39, 0.29) is 18.2 Å². The van der Waals surface area contributed by atoms with Crippen LogP contribution in [-0.2, 0) is 9.59 Å². The van der Waals surface area contributed by atoms with Gasteiger partial charge in [0.1, 0.15) is 0 Å². The van der Waals surface area contributed by atoms with Crippen LogP contribution in [0.2, 0.25) is 0 Å². The van der Waals surface area contributed by atoms with Gasteiger partial charge in [0.25, 0.3) is 0 Å². The number of carboxylic acids is 1. The molecule has 0 saturated carbocycles. The van der Waals surface area contributed by atoms with E-state index in [0.717, 1.165) is 0 Å². The van der Waals surface area contributed by atoms with Crippen molar-refractivity contribution in [3.63, 3.8) is 0 Å². The standard InChI is InChI=1S/C9H16N2O4S/c1-6(2)10-9(15)11-7(12)5-16-4-3-8(13)14/h6H,3-5H2,1-2H3,(H,13,14)(H2,10,11,12,15). The van der Waals surface area contributed by atoms with Gasteiger partial charge in [-0.25, -0.2) is 4.79 Å². The lowest BCUT2D eigenvalue weighted by molar-refractivity contribution is -0.136. The van der Waals surface area contributed by atoms with Crippen LogP contribution in [0.25, 0.3) is 0 Å². The molecule has 0 bridgehead atoms. The largest absolute Gasteiger partial charge is 0.481 e. The van der Waals surface area contributed by atoms with E-state index >= 15 is 0 Å². The molecule has 0 atom stereocenters. The first-order valence-corrected chi connectivity index (χ1v) is 5.97. The summed E-state index contributed by atoms with van der Waals surface area (Å²) < 4.78 is 0. The first-order valence-electron chi connectivity index (χ1n) is 4.81. The Balaban J connectivity index is 3.58. The highest BCUT2D eigenvalue weighted by molar-refractivity contribution is 7.99. The Kier molecular flexibility index (Phi) is 7.36. The van der Waals surface area contributed by atoms with Crippen LogP contribution in [0.3, 0.4) is 0 Å². The Morgan fingerprint density at radius 1 is 1.31 bits per heavy atom. The van der Waals surface area contributed by atoms with Crippen LogP contribution < -0.4 is 10.6 Å². The molecular weight excluding hydrogens is 232 g/mol. The van der Waals surface area contributed by atoms with Crippen molar-refractivity contribution in [3.8, 4) is 0 Å². The highest BCUT2D eigenvalue weighted by Crippen LogP contribution is 2.01. The number of carboxylic acid groups (broad SMARTS) is 1. The third-order valence-electron chi connectivity index (χ3n) is 1.37. The average Bonchev–Trinajstić information content (AvgIpc) is 2.10. The van der Waals surface area contributed by atoms with Crippen molar-refractivity contribution in [3.05, 3.63) is 0 Å². The Hall–Kier alpha value is -1.24. The van der Waals surface area contributed by atoms with Crippen LogP contribution in [-0.4, -0.2) is 40.6 Å². The fourth-order valence-corrected chi connectivity index (χ4v) is 1.51. The van der Waals surface area contributed by atoms with Crippen molar-refractivity contribution in [1.29, 1.82) is 0 Å². The summed E-state index contributed by atoms with van der Waals surface area (Å²) in [4.78, 5) is 32.4. The first kappa shape index (κ1) is 14.8. The molecule has 0 radical (unpaired) electrons. The highest BCUT2D eigenvalue weighted by Gasteiger charge is 2.08. The second-order valence-corrected chi connectivity index (χ2v) is 4.48. The van der Waals surface area contributed by atoms with Gasteiger partial charge in [0.05, 0.1) is 12.2 Å². The first-order chi connectivity index (χ1) is 7.41. The summed E-state index contributed by atoms with van der Waals surface area (Å²) in [5.41, 5.74) is 0. The van der Waals surface area contributed by atoms with Gasteiger partial charge in [0, 0.05) is 11.8 Å².